The molecular weight excluding hydrogens is 472 g/mol. The number of unbranched alkanes of at least 4 members (excludes halogenated alkanes) is 1. The van der Waals surface area contributed by atoms with Gasteiger partial charge in [-0.3, -0.25) is 14.6 Å². The van der Waals surface area contributed by atoms with Gasteiger partial charge in [-0.05, 0) is 53.6 Å². The van der Waals surface area contributed by atoms with Crippen molar-refractivity contribution < 1.29 is 14.2 Å². The maximum atomic E-state index is 13.4. The van der Waals surface area contributed by atoms with Crippen molar-refractivity contribution in [1.29, 1.82) is 0 Å². The van der Waals surface area contributed by atoms with E-state index in [-0.39, 0.29) is 11.5 Å². The number of amides is 1. The summed E-state index contributed by atoms with van der Waals surface area (Å²) in [5, 5.41) is 5.37. The van der Waals surface area contributed by atoms with Crippen LogP contribution in [0.25, 0.3) is 11.3 Å². The monoisotopic (exact) mass is 499 g/mol. The number of thioether (sulfide) groups is 1. The molecule has 0 saturated heterocycles. The molecule has 1 unspecified atom stereocenters. The van der Waals surface area contributed by atoms with Gasteiger partial charge in [0.25, 0.3) is 6.17 Å². The van der Waals surface area contributed by atoms with Crippen molar-refractivity contribution in [3.05, 3.63) is 94.8 Å². The second-order valence-corrected chi connectivity index (χ2v) is 9.61. The van der Waals surface area contributed by atoms with Crippen LogP contribution in [0.5, 0.6) is 11.5 Å². The zero-order valence-corrected chi connectivity index (χ0v) is 21.0. The molecule has 1 amide bonds. The maximum absolute atomic E-state index is 13.4. The van der Waals surface area contributed by atoms with E-state index in [1.807, 2.05) is 78.9 Å². The Bertz CT molecular complexity index is 1450. The third-order valence-corrected chi connectivity index (χ3v) is 6.92. The topological polar surface area (TPSA) is 79.2 Å². The number of para-hydroxylation sites is 2. The van der Waals surface area contributed by atoms with Crippen LogP contribution in [0.1, 0.15) is 38.4 Å². The van der Waals surface area contributed by atoms with Gasteiger partial charge in [0.15, 0.2) is 0 Å². The molecule has 1 N–H and O–H groups in total. The van der Waals surface area contributed by atoms with Gasteiger partial charge in [-0.2, -0.15) is 0 Å². The molecule has 1 aromatic heterocycles. The minimum absolute atomic E-state index is 0.151. The first-order valence-corrected chi connectivity index (χ1v) is 13.0. The lowest BCUT2D eigenvalue weighted by Crippen LogP contribution is -2.60. The molecule has 0 radical (unpaired) electrons. The number of H-pyrrole nitrogens is 1. The van der Waals surface area contributed by atoms with Crippen LogP contribution in [-0.4, -0.2) is 21.7 Å². The van der Waals surface area contributed by atoms with Crippen LogP contribution >= 0.6 is 11.8 Å². The van der Waals surface area contributed by atoms with Crippen LogP contribution in [0, 0.1) is 0 Å². The quantitative estimate of drug-likeness (QED) is 0.211. The molecule has 36 heavy (non-hydrogen) atoms. The Morgan fingerprint density at radius 1 is 1.06 bits per heavy atom. The number of hydrogen-bond acceptors (Lipinski definition) is 5. The Kier molecular flexibility index (Phi) is 6.86. The molecule has 0 aliphatic carbocycles. The van der Waals surface area contributed by atoms with E-state index in [4.69, 9.17) is 9.84 Å². The minimum Gasteiger partial charge on any atom is -0.457 e. The molecule has 2 heterocycles. The molecule has 4 aromatic rings. The average Bonchev–Trinajstić information content (AvgIpc) is 2.88. The number of aromatic amines is 1. The number of hydrogen-bond donors (Lipinski definition) is 1. The number of carbonyl (C=O) groups excluding carboxylic acids is 1. The molecule has 1 aliphatic heterocycles. The molecular formula is C28H27N4O3S+. The summed E-state index contributed by atoms with van der Waals surface area (Å²) >= 11 is 1.51. The maximum Gasteiger partial charge on any atom is 0.325 e. The van der Waals surface area contributed by atoms with Gasteiger partial charge in [0, 0.05) is 23.3 Å². The molecule has 182 valence electrons. The van der Waals surface area contributed by atoms with E-state index in [0.717, 1.165) is 24.2 Å². The highest BCUT2D eigenvalue weighted by Gasteiger charge is 2.44. The highest BCUT2D eigenvalue weighted by atomic mass is 32.2. The predicted molar refractivity (Wildman–Crippen MR) is 140 cm³/mol. The first-order valence-electron chi connectivity index (χ1n) is 12.0. The van der Waals surface area contributed by atoms with Crippen LogP contribution in [0.3, 0.4) is 0 Å². The zero-order chi connectivity index (χ0) is 25.1. The van der Waals surface area contributed by atoms with Gasteiger partial charge in [-0.25, -0.2) is 4.90 Å². The number of anilines is 1. The Morgan fingerprint density at radius 3 is 2.58 bits per heavy atom. The van der Waals surface area contributed by atoms with E-state index in [2.05, 4.69) is 11.9 Å². The van der Waals surface area contributed by atoms with Crippen molar-refractivity contribution in [1.82, 2.24) is 10.1 Å². The first-order chi connectivity index (χ1) is 17.6. The number of carbonyl (C=O) groups is 1. The van der Waals surface area contributed by atoms with Gasteiger partial charge in [-0.1, -0.05) is 61.5 Å². The standard InChI is InChI=1S/C28H26N4O3S/c1-3-4-17-36-28-29-26(34)25-23-15-8-9-16-24(23)31(19(2)33)27(32(25)30-28)20-11-10-14-22(18-20)35-21-12-6-5-7-13-21/h5-16,18,27H,3-4,17H2,1-2H3/p+1. The molecule has 0 bridgehead atoms. The van der Waals surface area contributed by atoms with E-state index >= 15 is 0 Å². The second-order valence-electron chi connectivity index (χ2n) is 8.52. The fourth-order valence-electron chi connectivity index (χ4n) is 4.35. The summed E-state index contributed by atoms with van der Waals surface area (Å²) in [5.74, 6) is 2.04. The van der Waals surface area contributed by atoms with Crippen molar-refractivity contribution in [3.63, 3.8) is 0 Å². The molecule has 7 nitrogen and oxygen atoms in total. The first kappa shape index (κ1) is 23.8. The van der Waals surface area contributed by atoms with Crippen LogP contribution in [-0.2, 0) is 4.79 Å². The van der Waals surface area contributed by atoms with Crippen molar-refractivity contribution in [3.8, 4) is 22.8 Å². The number of nitrogens with zero attached hydrogens (tertiary/aromatic N) is 3. The number of rotatable bonds is 7. The summed E-state index contributed by atoms with van der Waals surface area (Å²) < 4.78 is 7.75. The number of fused-ring (bicyclic) bond motifs is 3. The summed E-state index contributed by atoms with van der Waals surface area (Å²) in [5.41, 5.74) is 2.30. The Morgan fingerprint density at radius 2 is 1.81 bits per heavy atom. The Labute approximate surface area is 213 Å². The van der Waals surface area contributed by atoms with Gasteiger partial charge in [0.2, 0.25) is 11.1 Å². The van der Waals surface area contributed by atoms with E-state index < -0.39 is 6.17 Å². The normalized spacial score (nSPS) is 14.2. The highest BCUT2D eigenvalue weighted by molar-refractivity contribution is 7.99. The van der Waals surface area contributed by atoms with Gasteiger partial charge in [-0.15, -0.1) is 0 Å². The van der Waals surface area contributed by atoms with Crippen LogP contribution in [0.4, 0.5) is 5.69 Å². The second kappa shape index (κ2) is 10.4. The fourth-order valence-corrected chi connectivity index (χ4v) is 5.29. The number of aromatic nitrogens is 3. The van der Waals surface area contributed by atoms with Crippen molar-refractivity contribution in [2.75, 3.05) is 10.7 Å². The van der Waals surface area contributed by atoms with E-state index in [1.165, 1.54) is 18.7 Å². The largest absolute Gasteiger partial charge is 0.457 e. The molecule has 0 saturated carbocycles. The molecule has 0 spiro atoms. The lowest BCUT2D eigenvalue weighted by Gasteiger charge is -2.31. The molecule has 3 aromatic carbocycles. The molecule has 0 fully saturated rings. The summed E-state index contributed by atoms with van der Waals surface area (Å²) in [7, 11) is 0. The summed E-state index contributed by atoms with van der Waals surface area (Å²) in [4.78, 5) is 31.1. The minimum atomic E-state index is -0.653. The van der Waals surface area contributed by atoms with E-state index in [0.29, 0.717) is 33.6 Å². The number of ether oxygens (including phenoxy) is 1. The summed E-state index contributed by atoms with van der Waals surface area (Å²) in [6.45, 7) is 3.66. The SMILES string of the molecule is CCCCSc1n[n+]2c(c(=O)[nH]1)-c1ccccc1N(C(C)=O)C2c1cccc(Oc2ccccc2)c1. The van der Waals surface area contributed by atoms with Crippen molar-refractivity contribution >= 4 is 23.4 Å². The molecule has 5 rings (SSSR count). The van der Waals surface area contributed by atoms with Gasteiger partial charge >= 0.3 is 11.3 Å². The molecule has 8 heteroatoms. The third kappa shape index (κ3) is 4.64. The van der Waals surface area contributed by atoms with E-state index in [9.17, 15) is 9.59 Å². The van der Waals surface area contributed by atoms with Crippen LogP contribution in [0.2, 0.25) is 0 Å². The van der Waals surface area contributed by atoms with Gasteiger partial charge in [0.1, 0.15) is 11.5 Å². The third-order valence-electron chi connectivity index (χ3n) is 5.97. The zero-order valence-electron chi connectivity index (χ0n) is 20.2. The van der Waals surface area contributed by atoms with Gasteiger partial charge < -0.3 is 4.74 Å². The Balaban J connectivity index is 1.67. The van der Waals surface area contributed by atoms with Gasteiger partial charge in [0.05, 0.1) is 11.3 Å². The van der Waals surface area contributed by atoms with Crippen molar-refractivity contribution in [2.45, 2.75) is 38.0 Å². The van der Waals surface area contributed by atoms with Crippen LogP contribution < -0.4 is 19.9 Å². The molecule has 1 atom stereocenters. The molecule has 1 aliphatic rings. The lowest BCUT2D eigenvalue weighted by atomic mass is 10.0. The summed E-state index contributed by atoms with van der Waals surface area (Å²) in [6.07, 6.45) is 1.41. The van der Waals surface area contributed by atoms with Crippen molar-refractivity contribution in [2.24, 2.45) is 0 Å². The average molecular weight is 500 g/mol. The fraction of sp³-hybridized carbons (Fsp3) is 0.214. The highest BCUT2D eigenvalue weighted by Crippen LogP contribution is 2.38. The van der Waals surface area contributed by atoms with E-state index in [1.54, 1.807) is 9.58 Å². The lowest BCUT2D eigenvalue weighted by molar-refractivity contribution is -0.763. The van der Waals surface area contributed by atoms with Crippen LogP contribution in [0.15, 0.2) is 88.8 Å². The Hall–Kier alpha value is -3.91. The number of benzene rings is 3. The smallest absolute Gasteiger partial charge is 0.325 e. The number of nitrogens with one attached hydrogen (secondary N) is 1. The summed E-state index contributed by atoms with van der Waals surface area (Å²) in [6, 6.07) is 24.5. The predicted octanol–water partition coefficient (Wildman–Crippen LogP) is 5.32.